The summed E-state index contributed by atoms with van der Waals surface area (Å²) in [6.07, 6.45) is -0.647. The summed E-state index contributed by atoms with van der Waals surface area (Å²) in [5.74, 6) is -0.890. The maximum atomic E-state index is 15.4. The van der Waals surface area contributed by atoms with Gasteiger partial charge in [-0.05, 0) is 51.5 Å². The molecule has 0 fully saturated rings. The molecule has 0 saturated carbocycles. The number of halogens is 1. The number of nitrogens with two attached hydrogens (primary N) is 1. The number of alkyl carbamates (subject to hydrolysis) is 1. The molecule has 220 valence electrons. The van der Waals surface area contributed by atoms with Gasteiger partial charge in [-0.25, -0.2) is 14.2 Å². The molecule has 2 aromatic heterocycles. The maximum Gasteiger partial charge on any atom is 0.407 e. The first-order valence-electron chi connectivity index (χ1n) is 12.6. The van der Waals surface area contributed by atoms with Gasteiger partial charge >= 0.3 is 6.09 Å². The van der Waals surface area contributed by atoms with Crippen LogP contribution >= 0.6 is 0 Å². The van der Waals surface area contributed by atoms with Crippen LogP contribution in [0.15, 0.2) is 42.5 Å². The second-order valence-electron chi connectivity index (χ2n) is 9.97. The van der Waals surface area contributed by atoms with Crippen molar-refractivity contribution < 1.29 is 32.9 Å². The molecular formula is C28H35FN6O6. The van der Waals surface area contributed by atoms with E-state index in [4.69, 9.17) is 24.7 Å². The lowest BCUT2D eigenvalue weighted by Gasteiger charge is -2.29. The molecule has 0 aliphatic carbocycles. The number of ether oxygens (including phenoxy) is 4. The summed E-state index contributed by atoms with van der Waals surface area (Å²) in [5.41, 5.74) is 5.71. The predicted molar refractivity (Wildman–Crippen MR) is 152 cm³/mol. The van der Waals surface area contributed by atoms with Crippen molar-refractivity contribution in [2.75, 3.05) is 32.0 Å². The van der Waals surface area contributed by atoms with Crippen LogP contribution in [-0.2, 0) is 4.74 Å². The maximum absolute atomic E-state index is 15.4. The van der Waals surface area contributed by atoms with E-state index < -0.39 is 35.5 Å². The fourth-order valence-electron chi connectivity index (χ4n) is 3.80. The van der Waals surface area contributed by atoms with Gasteiger partial charge in [0, 0.05) is 12.1 Å². The van der Waals surface area contributed by atoms with Gasteiger partial charge in [-0.1, -0.05) is 12.1 Å². The van der Waals surface area contributed by atoms with E-state index in [1.54, 1.807) is 71.2 Å². The van der Waals surface area contributed by atoms with E-state index in [9.17, 15) is 9.59 Å². The lowest BCUT2D eigenvalue weighted by Crippen LogP contribution is -2.42. The Hall–Kier alpha value is -4.81. The minimum absolute atomic E-state index is 0.0297. The normalized spacial score (nSPS) is 12.5. The van der Waals surface area contributed by atoms with Crippen LogP contribution in [0.2, 0.25) is 0 Å². The Morgan fingerprint density at radius 2 is 1.54 bits per heavy atom. The van der Waals surface area contributed by atoms with Gasteiger partial charge in [-0.15, -0.1) is 0 Å². The van der Waals surface area contributed by atoms with Crippen molar-refractivity contribution >= 4 is 29.3 Å². The highest BCUT2D eigenvalue weighted by molar-refractivity contribution is 5.98. The number of primary amides is 1. The molecule has 3 rings (SSSR count). The molecule has 41 heavy (non-hydrogen) atoms. The number of methoxy groups -OCH3 is 3. The molecule has 2 amide bonds. The number of nitrogens with zero attached hydrogens (tertiary/aromatic N) is 2. The summed E-state index contributed by atoms with van der Waals surface area (Å²) in [5, 5.41) is 8.80. The van der Waals surface area contributed by atoms with Gasteiger partial charge in [-0.3, -0.25) is 4.79 Å². The lowest BCUT2D eigenvalue weighted by atomic mass is 10.00. The van der Waals surface area contributed by atoms with Gasteiger partial charge in [0.05, 0.1) is 44.7 Å². The third-order valence-electron chi connectivity index (χ3n) is 5.71. The van der Waals surface area contributed by atoms with Gasteiger partial charge in [0.15, 0.2) is 11.6 Å². The highest BCUT2D eigenvalue weighted by Gasteiger charge is 2.27. The molecule has 0 saturated heterocycles. The summed E-state index contributed by atoms with van der Waals surface area (Å²) in [4.78, 5) is 33.2. The smallest absolute Gasteiger partial charge is 0.407 e. The van der Waals surface area contributed by atoms with Crippen LogP contribution in [0.1, 0.15) is 49.7 Å². The first kappa shape index (κ1) is 30.7. The van der Waals surface area contributed by atoms with E-state index in [1.165, 1.54) is 14.2 Å². The molecule has 0 unspecified atom stereocenters. The van der Waals surface area contributed by atoms with Gasteiger partial charge in [0.1, 0.15) is 17.2 Å². The Kier molecular flexibility index (Phi) is 9.76. The highest BCUT2D eigenvalue weighted by Crippen LogP contribution is 2.30. The quantitative estimate of drug-likeness (QED) is 0.258. The molecule has 0 aliphatic heterocycles. The number of nitrogens with one attached hydrogen (secondary N) is 3. The standard InChI is InChI=1S/C28H35FN6O6/c1-15(31-27(37)41-28(2,3)4)23(16-8-10-18(38-5)11-9-16)34-26-20(29)14-19(24(30)36)25(35-26)32-17-12-21(39-6)33-22(13-17)40-7/h8-15,23H,1-7H3,(H2,30,36)(H,31,37)(H2,32,33,34,35)/t15-,23-/m0/s1. The zero-order chi connectivity index (χ0) is 30.3. The fraction of sp³-hybridized carbons (Fsp3) is 0.357. The van der Waals surface area contributed by atoms with E-state index >= 15 is 4.39 Å². The number of carbonyl (C=O) groups excluding carboxylic acids is 2. The lowest BCUT2D eigenvalue weighted by molar-refractivity contribution is 0.0503. The summed E-state index contributed by atoms with van der Waals surface area (Å²) in [6.45, 7) is 6.98. The fourth-order valence-corrected chi connectivity index (χ4v) is 3.80. The SMILES string of the molecule is COc1ccc([C@@H](Nc2nc(Nc3cc(OC)nc(OC)c3)c(C(N)=O)cc2F)[C@H](C)NC(=O)OC(C)(C)C)cc1. The average Bonchev–Trinajstić information content (AvgIpc) is 2.91. The summed E-state index contributed by atoms with van der Waals surface area (Å²) in [6, 6.07) is 9.78. The molecule has 12 nitrogen and oxygen atoms in total. The third-order valence-corrected chi connectivity index (χ3v) is 5.71. The number of hydrogen-bond donors (Lipinski definition) is 4. The van der Waals surface area contributed by atoms with E-state index in [1.807, 2.05) is 0 Å². The van der Waals surface area contributed by atoms with Gasteiger partial charge in [0.25, 0.3) is 5.91 Å². The van der Waals surface area contributed by atoms with Crippen molar-refractivity contribution in [3.8, 4) is 17.5 Å². The van der Waals surface area contributed by atoms with E-state index in [0.29, 0.717) is 17.0 Å². The molecule has 5 N–H and O–H groups in total. The van der Waals surface area contributed by atoms with E-state index in [2.05, 4.69) is 25.9 Å². The van der Waals surface area contributed by atoms with Crippen molar-refractivity contribution in [1.82, 2.24) is 15.3 Å². The largest absolute Gasteiger partial charge is 0.497 e. The Bertz CT molecular complexity index is 1360. The van der Waals surface area contributed by atoms with Gasteiger partial charge in [0.2, 0.25) is 11.8 Å². The molecule has 0 spiro atoms. The monoisotopic (exact) mass is 570 g/mol. The predicted octanol–water partition coefficient (Wildman–Crippen LogP) is 4.55. The van der Waals surface area contributed by atoms with Crippen molar-refractivity contribution in [2.24, 2.45) is 5.73 Å². The number of carbonyl (C=O) groups is 2. The molecule has 0 bridgehead atoms. The van der Waals surface area contributed by atoms with Gasteiger partial charge < -0.3 is 40.6 Å². The van der Waals surface area contributed by atoms with Crippen LogP contribution in [-0.4, -0.2) is 54.9 Å². The molecule has 0 radical (unpaired) electrons. The van der Waals surface area contributed by atoms with Gasteiger partial charge in [-0.2, -0.15) is 4.98 Å². The minimum atomic E-state index is -0.898. The van der Waals surface area contributed by atoms with Crippen LogP contribution < -0.4 is 35.9 Å². The topological polar surface area (TPSA) is 159 Å². The number of aromatic nitrogens is 2. The summed E-state index contributed by atoms with van der Waals surface area (Å²) in [7, 11) is 4.41. The summed E-state index contributed by atoms with van der Waals surface area (Å²) < 4.78 is 36.4. The number of hydrogen-bond acceptors (Lipinski definition) is 10. The number of amides is 2. The van der Waals surface area contributed by atoms with Crippen LogP contribution in [0.5, 0.6) is 17.5 Å². The highest BCUT2D eigenvalue weighted by atomic mass is 19.1. The molecule has 2 heterocycles. The first-order valence-corrected chi connectivity index (χ1v) is 12.6. The molecule has 1 aromatic carbocycles. The van der Waals surface area contributed by atoms with E-state index in [-0.39, 0.29) is 29.0 Å². The molecule has 0 aliphatic rings. The van der Waals surface area contributed by atoms with Crippen LogP contribution in [0.4, 0.5) is 26.5 Å². The Balaban J connectivity index is 2.02. The van der Waals surface area contributed by atoms with Crippen molar-refractivity contribution in [1.29, 1.82) is 0 Å². The van der Waals surface area contributed by atoms with E-state index in [0.717, 1.165) is 6.07 Å². The Labute approximate surface area is 237 Å². The third kappa shape index (κ3) is 8.34. The van der Waals surface area contributed by atoms with Crippen molar-refractivity contribution in [3.05, 3.63) is 59.4 Å². The Morgan fingerprint density at radius 1 is 0.927 bits per heavy atom. The van der Waals surface area contributed by atoms with Crippen molar-refractivity contribution in [2.45, 2.75) is 45.4 Å². The van der Waals surface area contributed by atoms with Crippen LogP contribution in [0.25, 0.3) is 0 Å². The second kappa shape index (κ2) is 13.0. The molecule has 3 aromatic rings. The second-order valence-corrected chi connectivity index (χ2v) is 9.97. The first-order chi connectivity index (χ1) is 19.3. The zero-order valence-corrected chi connectivity index (χ0v) is 24.0. The van der Waals surface area contributed by atoms with Crippen LogP contribution in [0.3, 0.4) is 0 Å². The minimum Gasteiger partial charge on any atom is -0.497 e. The number of pyridine rings is 2. The molecular weight excluding hydrogens is 535 g/mol. The van der Waals surface area contributed by atoms with Crippen molar-refractivity contribution in [3.63, 3.8) is 0 Å². The number of benzene rings is 1. The number of anilines is 3. The molecule has 2 atom stereocenters. The zero-order valence-electron chi connectivity index (χ0n) is 24.0. The number of rotatable bonds is 11. The average molecular weight is 571 g/mol. The summed E-state index contributed by atoms with van der Waals surface area (Å²) >= 11 is 0. The Morgan fingerprint density at radius 3 is 2.05 bits per heavy atom. The molecule has 13 heteroatoms. The van der Waals surface area contributed by atoms with Crippen LogP contribution in [0, 0.1) is 5.82 Å².